The van der Waals surface area contributed by atoms with Crippen LogP contribution in [0.2, 0.25) is 4.34 Å². The van der Waals surface area contributed by atoms with E-state index in [9.17, 15) is 4.79 Å². The molecule has 1 unspecified atom stereocenters. The predicted octanol–water partition coefficient (Wildman–Crippen LogP) is 4.82. The average molecular weight is 423 g/mol. The fourth-order valence-electron chi connectivity index (χ4n) is 1.88. The van der Waals surface area contributed by atoms with Crippen LogP contribution in [0.3, 0.4) is 0 Å². The number of rotatable bonds is 2. The lowest BCUT2D eigenvalue weighted by atomic mass is 10.1. The monoisotopic (exact) mass is 420 g/mol. The number of aromatic amines is 2. The van der Waals surface area contributed by atoms with Gasteiger partial charge in [0.1, 0.15) is 0 Å². The summed E-state index contributed by atoms with van der Waals surface area (Å²) < 4.78 is 1.69. The molecule has 0 aliphatic carbocycles. The van der Waals surface area contributed by atoms with E-state index in [0.717, 1.165) is 30.3 Å². The Bertz CT molecular complexity index is 808. The number of hydrogen-bond acceptors (Lipinski definition) is 2. The lowest BCUT2D eigenvalue weighted by molar-refractivity contribution is 1.21. The Morgan fingerprint density at radius 3 is 2.53 bits per heavy atom. The fraction of sp³-hybridized carbons (Fsp3) is 0.0833. The minimum absolute atomic E-state index is 0.0298. The molecule has 19 heavy (non-hydrogen) atoms. The predicted molar refractivity (Wildman–Crippen MR) is 86.7 cm³/mol. The maximum absolute atomic E-state index is 11.3. The van der Waals surface area contributed by atoms with Crippen LogP contribution in [0.25, 0.3) is 11.0 Å². The van der Waals surface area contributed by atoms with Crippen molar-refractivity contribution >= 4 is 65.8 Å². The van der Waals surface area contributed by atoms with E-state index in [2.05, 4.69) is 41.8 Å². The van der Waals surface area contributed by atoms with E-state index in [1.165, 1.54) is 11.3 Å². The van der Waals surface area contributed by atoms with Gasteiger partial charge in [0, 0.05) is 9.35 Å². The van der Waals surface area contributed by atoms with Crippen LogP contribution in [0.4, 0.5) is 0 Å². The normalized spacial score (nSPS) is 13.0. The highest BCUT2D eigenvalue weighted by Gasteiger charge is 2.17. The summed E-state index contributed by atoms with van der Waals surface area (Å²) in [6.45, 7) is 0. The SMILES string of the molecule is O=c1[nH]c2cc(Br)c(C(Br)c3ccc(Cl)s3)cc2[nH]1. The maximum Gasteiger partial charge on any atom is 0.323 e. The summed E-state index contributed by atoms with van der Waals surface area (Å²) in [6.07, 6.45) is 0. The molecule has 0 amide bonds. The molecule has 0 spiro atoms. The second kappa shape index (κ2) is 5.09. The van der Waals surface area contributed by atoms with Crippen LogP contribution in [0.5, 0.6) is 0 Å². The van der Waals surface area contributed by atoms with E-state index >= 15 is 0 Å². The molecule has 2 aromatic heterocycles. The minimum Gasteiger partial charge on any atom is -0.306 e. The van der Waals surface area contributed by atoms with Gasteiger partial charge in [0.15, 0.2) is 0 Å². The molecule has 3 nitrogen and oxygen atoms in total. The van der Waals surface area contributed by atoms with Gasteiger partial charge in [-0.05, 0) is 29.8 Å². The molecule has 2 N–H and O–H groups in total. The van der Waals surface area contributed by atoms with Crippen LogP contribution in [0.1, 0.15) is 15.3 Å². The van der Waals surface area contributed by atoms with Crippen LogP contribution >= 0.6 is 54.8 Å². The van der Waals surface area contributed by atoms with Gasteiger partial charge in [0.25, 0.3) is 0 Å². The number of hydrogen-bond donors (Lipinski definition) is 2. The molecule has 0 saturated heterocycles. The maximum atomic E-state index is 11.3. The van der Waals surface area contributed by atoms with Gasteiger partial charge < -0.3 is 9.97 Å². The molecule has 0 saturated carbocycles. The first-order valence-electron chi connectivity index (χ1n) is 5.35. The van der Waals surface area contributed by atoms with E-state index in [1.807, 2.05) is 24.3 Å². The molecular formula is C12H7Br2ClN2OS. The Hall–Kier alpha value is -0.560. The Labute approximate surface area is 134 Å². The van der Waals surface area contributed by atoms with Gasteiger partial charge in [0.2, 0.25) is 0 Å². The number of H-pyrrole nitrogens is 2. The van der Waals surface area contributed by atoms with Crippen LogP contribution < -0.4 is 5.69 Å². The molecule has 0 bridgehead atoms. The number of thiophene rings is 1. The van der Waals surface area contributed by atoms with Crippen molar-refractivity contribution in [3.8, 4) is 0 Å². The summed E-state index contributed by atoms with van der Waals surface area (Å²) >= 11 is 14.7. The van der Waals surface area contributed by atoms with Crippen molar-refractivity contribution in [1.82, 2.24) is 9.97 Å². The molecule has 7 heteroatoms. The summed E-state index contributed by atoms with van der Waals surface area (Å²) in [5.41, 5.74) is 2.41. The Morgan fingerprint density at radius 2 is 1.89 bits per heavy atom. The number of imidazole rings is 1. The number of benzene rings is 1. The summed E-state index contributed by atoms with van der Waals surface area (Å²) in [5.74, 6) is 0. The van der Waals surface area contributed by atoms with E-state index in [4.69, 9.17) is 11.6 Å². The van der Waals surface area contributed by atoms with Gasteiger partial charge in [-0.1, -0.05) is 43.5 Å². The third-order valence-corrected chi connectivity index (χ3v) is 6.02. The number of halogens is 3. The van der Waals surface area contributed by atoms with Crippen LogP contribution in [0.15, 0.2) is 33.5 Å². The van der Waals surface area contributed by atoms with Crippen LogP contribution in [-0.4, -0.2) is 9.97 Å². The molecule has 3 rings (SSSR count). The number of nitrogens with one attached hydrogen (secondary N) is 2. The molecule has 0 aliphatic rings. The minimum atomic E-state index is -0.204. The summed E-state index contributed by atoms with van der Waals surface area (Å²) in [4.78, 5) is 17.9. The topological polar surface area (TPSA) is 48.6 Å². The molecule has 0 fully saturated rings. The largest absolute Gasteiger partial charge is 0.323 e. The average Bonchev–Trinajstić information content (AvgIpc) is 2.92. The van der Waals surface area contributed by atoms with Crippen molar-refractivity contribution in [2.75, 3.05) is 0 Å². The van der Waals surface area contributed by atoms with Gasteiger partial charge in [-0.25, -0.2) is 4.79 Å². The Morgan fingerprint density at radius 1 is 1.21 bits per heavy atom. The number of aromatic nitrogens is 2. The molecule has 3 aromatic rings. The molecule has 0 radical (unpaired) electrons. The summed E-state index contributed by atoms with van der Waals surface area (Å²) in [5, 5.41) is 0. The van der Waals surface area contributed by atoms with E-state index < -0.39 is 0 Å². The third-order valence-electron chi connectivity index (χ3n) is 2.75. The van der Waals surface area contributed by atoms with Gasteiger partial charge in [-0.15, -0.1) is 11.3 Å². The van der Waals surface area contributed by atoms with Gasteiger partial charge in [-0.3, -0.25) is 0 Å². The Kier molecular flexibility index (Phi) is 3.59. The first kappa shape index (κ1) is 13.4. The van der Waals surface area contributed by atoms with E-state index in [-0.39, 0.29) is 10.5 Å². The molecular weight excluding hydrogens is 415 g/mol. The highest BCUT2D eigenvalue weighted by Crippen LogP contribution is 2.40. The third kappa shape index (κ3) is 2.54. The van der Waals surface area contributed by atoms with Crippen molar-refractivity contribution in [3.05, 3.63) is 54.0 Å². The molecule has 1 atom stereocenters. The highest BCUT2D eigenvalue weighted by molar-refractivity contribution is 9.11. The number of alkyl halides is 1. The second-order valence-corrected chi connectivity index (χ2v) is 7.52. The molecule has 98 valence electrons. The quantitative estimate of drug-likeness (QED) is 0.572. The highest BCUT2D eigenvalue weighted by atomic mass is 79.9. The van der Waals surface area contributed by atoms with Crippen molar-refractivity contribution in [1.29, 1.82) is 0 Å². The fourth-order valence-corrected chi connectivity index (χ4v) is 4.63. The lowest BCUT2D eigenvalue weighted by Crippen LogP contribution is -1.99. The molecule has 2 heterocycles. The zero-order valence-corrected chi connectivity index (χ0v) is 14.1. The summed E-state index contributed by atoms with van der Waals surface area (Å²) in [6, 6.07) is 7.71. The number of fused-ring (bicyclic) bond motifs is 1. The molecule has 0 aliphatic heterocycles. The zero-order chi connectivity index (χ0) is 13.6. The van der Waals surface area contributed by atoms with Crippen molar-refractivity contribution in [2.24, 2.45) is 0 Å². The van der Waals surface area contributed by atoms with Crippen molar-refractivity contribution < 1.29 is 0 Å². The van der Waals surface area contributed by atoms with Gasteiger partial charge in [0.05, 0.1) is 20.2 Å². The van der Waals surface area contributed by atoms with Crippen molar-refractivity contribution in [2.45, 2.75) is 4.83 Å². The summed E-state index contributed by atoms with van der Waals surface area (Å²) in [7, 11) is 0. The van der Waals surface area contributed by atoms with Crippen LogP contribution in [-0.2, 0) is 0 Å². The van der Waals surface area contributed by atoms with E-state index in [1.54, 1.807) is 0 Å². The first-order chi connectivity index (χ1) is 9.04. The van der Waals surface area contributed by atoms with Gasteiger partial charge in [-0.2, -0.15) is 0 Å². The Balaban J connectivity index is 2.13. The van der Waals surface area contributed by atoms with Crippen LogP contribution in [0, 0.1) is 0 Å². The first-order valence-corrected chi connectivity index (χ1v) is 8.25. The van der Waals surface area contributed by atoms with Crippen molar-refractivity contribution in [3.63, 3.8) is 0 Å². The second-order valence-electron chi connectivity index (χ2n) is 4.00. The van der Waals surface area contributed by atoms with Gasteiger partial charge >= 0.3 is 5.69 Å². The smallest absolute Gasteiger partial charge is 0.306 e. The molecule has 1 aromatic carbocycles. The van der Waals surface area contributed by atoms with E-state index in [0.29, 0.717) is 0 Å². The zero-order valence-electron chi connectivity index (χ0n) is 9.34. The standard InChI is InChI=1S/C12H7Br2ClN2OS/c13-6-4-8-7(16-12(18)17-8)3-5(6)11(14)9-1-2-10(15)19-9/h1-4,11H,(H2,16,17,18). The lowest BCUT2D eigenvalue weighted by Gasteiger charge is -2.10.